The molecule has 0 fully saturated rings. The van der Waals surface area contributed by atoms with Crippen molar-refractivity contribution in [3.8, 4) is 0 Å². The second-order valence-corrected chi connectivity index (χ2v) is 5.15. The van der Waals surface area contributed by atoms with E-state index in [1.807, 2.05) is 32.0 Å². The van der Waals surface area contributed by atoms with Crippen molar-refractivity contribution in [3.05, 3.63) is 60.2 Å². The maximum atomic E-state index is 12.1. The van der Waals surface area contributed by atoms with Crippen LogP contribution in [0.1, 0.15) is 24.2 Å². The lowest BCUT2D eigenvalue weighted by Gasteiger charge is -2.11. The van der Waals surface area contributed by atoms with Gasteiger partial charge in [0, 0.05) is 23.0 Å². The molecule has 2 rings (SSSR count). The molecule has 0 unspecified atom stereocenters. The number of urea groups is 1. The van der Waals surface area contributed by atoms with Gasteiger partial charge >= 0.3 is 6.03 Å². The molecular formula is C17H19N3O2. The predicted molar refractivity (Wildman–Crippen MR) is 88.1 cm³/mol. The first-order valence-corrected chi connectivity index (χ1v) is 7.08. The largest absolute Gasteiger partial charge is 0.336 e. The lowest BCUT2D eigenvalue weighted by Crippen LogP contribution is -2.34. The molecular weight excluding hydrogens is 278 g/mol. The van der Waals surface area contributed by atoms with Crippen molar-refractivity contribution in [2.75, 3.05) is 10.6 Å². The molecule has 0 aliphatic heterocycles. The molecule has 0 aromatic heterocycles. The summed E-state index contributed by atoms with van der Waals surface area (Å²) in [7, 11) is 0. The normalized spacial score (nSPS) is 10.1. The van der Waals surface area contributed by atoms with E-state index in [9.17, 15) is 9.59 Å². The van der Waals surface area contributed by atoms with Crippen molar-refractivity contribution in [2.45, 2.75) is 19.9 Å². The Morgan fingerprint density at radius 1 is 0.864 bits per heavy atom. The van der Waals surface area contributed by atoms with E-state index in [1.54, 1.807) is 36.4 Å². The monoisotopic (exact) mass is 297 g/mol. The Morgan fingerprint density at radius 3 is 2.14 bits per heavy atom. The number of rotatable bonds is 4. The van der Waals surface area contributed by atoms with Gasteiger partial charge in [0.25, 0.3) is 5.91 Å². The standard InChI is InChI=1S/C17H19N3O2/c1-12(2)18-17(22)20-15-10-6-9-14(11-15)19-16(21)13-7-4-3-5-8-13/h3-12H,1-2H3,(H,19,21)(H2,18,20,22). The Labute approximate surface area is 129 Å². The molecule has 0 saturated carbocycles. The van der Waals surface area contributed by atoms with Crippen molar-refractivity contribution >= 4 is 23.3 Å². The molecule has 2 aromatic rings. The van der Waals surface area contributed by atoms with Gasteiger partial charge in [0.15, 0.2) is 0 Å². The number of hydrogen-bond acceptors (Lipinski definition) is 2. The molecule has 3 N–H and O–H groups in total. The first-order valence-electron chi connectivity index (χ1n) is 7.08. The minimum Gasteiger partial charge on any atom is -0.336 e. The SMILES string of the molecule is CC(C)NC(=O)Nc1cccc(NC(=O)c2ccccc2)c1. The van der Waals surface area contributed by atoms with Crippen molar-refractivity contribution in [1.82, 2.24) is 5.32 Å². The summed E-state index contributed by atoms with van der Waals surface area (Å²) in [6, 6.07) is 15.8. The van der Waals surface area contributed by atoms with Crippen LogP contribution in [0.25, 0.3) is 0 Å². The fraction of sp³-hybridized carbons (Fsp3) is 0.176. The fourth-order valence-electron chi connectivity index (χ4n) is 1.90. The van der Waals surface area contributed by atoms with Crippen LogP contribution in [0.2, 0.25) is 0 Å². The third-order valence-electron chi connectivity index (χ3n) is 2.83. The van der Waals surface area contributed by atoms with Crippen LogP contribution >= 0.6 is 0 Å². The molecule has 114 valence electrons. The van der Waals surface area contributed by atoms with Crippen LogP contribution in [0.3, 0.4) is 0 Å². The van der Waals surface area contributed by atoms with Crippen molar-refractivity contribution in [2.24, 2.45) is 0 Å². The average Bonchev–Trinajstić information content (AvgIpc) is 2.47. The van der Waals surface area contributed by atoms with E-state index in [2.05, 4.69) is 16.0 Å². The van der Waals surface area contributed by atoms with Gasteiger partial charge in [0.2, 0.25) is 0 Å². The maximum absolute atomic E-state index is 12.1. The van der Waals surface area contributed by atoms with Gasteiger partial charge in [-0.1, -0.05) is 24.3 Å². The second-order valence-electron chi connectivity index (χ2n) is 5.15. The lowest BCUT2D eigenvalue weighted by atomic mass is 10.2. The lowest BCUT2D eigenvalue weighted by molar-refractivity contribution is 0.102. The second kappa shape index (κ2) is 7.26. The number of anilines is 2. The Morgan fingerprint density at radius 2 is 1.50 bits per heavy atom. The van der Waals surface area contributed by atoms with Gasteiger partial charge in [0.05, 0.1) is 0 Å². The van der Waals surface area contributed by atoms with Gasteiger partial charge in [-0.05, 0) is 44.2 Å². The van der Waals surface area contributed by atoms with Gasteiger partial charge in [-0.2, -0.15) is 0 Å². The van der Waals surface area contributed by atoms with Crippen LogP contribution in [-0.2, 0) is 0 Å². The molecule has 0 heterocycles. The van der Waals surface area contributed by atoms with Crippen LogP contribution in [0.5, 0.6) is 0 Å². The summed E-state index contributed by atoms with van der Waals surface area (Å²) in [6.07, 6.45) is 0. The van der Waals surface area contributed by atoms with Gasteiger partial charge in [-0.3, -0.25) is 4.79 Å². The smallest absolute Gasteiger partial charge is 0.319 e. The zero-order valence-electron chi connectivity index (χ0n) is 12.6. The van der Waals surface area contributed by atoms with Crippen LogP contribution in [0.4, 0.5) is 16.2 Å². The molecule has 0 atom stereocenters. The summed E-state index contributed by atoms with van der Waals surface area (Å²) in [5, 5.41) is 8.27. The highest BCUT2D eigenvalue weighted by Crippen LogP contribution is 2.16. The average molecular weight is 297 g/mol. The molecule has 5 nitrogen and oxygen atoms in total. The molecule has 0 radical (unpaired) electrons. The number of nitrogens with one attached hydrogen (secondary N) is 3. The number of carbonyl (C=O) groups excluding carboxylic acids is 2. The number of carbonyl (C=O) groups is 2. The van der Waals surface area contributed by atoms with Gasteiger partial charge in [0.1, 0.15) is 0 Å². The highest BCUT2D eigenvalue weighted by atomic mass is 16.2. The first kappa shape index (κ1) is 15.6. The van der Waals surface area contributed by atoms with E-state index in [0.717, 1.165) is 0 Å². The summed E-state index contributed by atoms with van der Waals surface area (Å²) in [5.41, 5.74) is 1.82. The van der Waals surface area contributed by atoms with Crippen LogP contribution in [-0.4, -0.2) is 18.0 Å². The van der Waals surface area contributed by atoms with E-state index in [-0.39, 0.29) is 18.0 Å². The molecule has 0 aliphatic rings. The highest BCUT2D eigenvalue weighted by molar-refractivity contribution is 6.04. The van der Waals surface area contributed by atoms with Gasteiger partial charge in [-0.15, -0.1) is 0 Å². The van der Waals surface area contributed by atoms with Crippen LogP contribution < -0.4 is 16.0 Å². The summed E-state index contributed by atoms with van der Waals surface area (Å²) in [6.45, 7) is 3.77. The Kier molecular flexibility index (Phi) is 5.14. The molecule has 0 aliphatic carbocycles. The van der Waals surface area contributed by atoms with E-state index in [4.69, 9.17) is 0 Å². The van der Waals surface area contributed by atoms with Crippen molar-refractivity contribution < 1.29 is 9.59 Å². The predicted octanol–water partition coefficient (Wildman–Crippen LogP) is 3.47. The number of amides is 3. The topological polar surface area (TPSA) is 70.2 Å². The quantitative estimate of drug-likeness (QED) is 0.808. The molecule has 5 heteroatoms. The van der Waals surface area contributed by atoms with Gasteiger partial charge < -0.3 is 16.0 Å². The zero-order chi connectivity index (χ0) is 15.9. The minimum absolute atomic E-state index is 0.0565. The Bertz CT molecular complexity index is 654. The Balaban J connectivity index is 2.02. The molecule has 0 saturated heterocycles. The van der Waals surface area contributed by atoms with E-state index < -0.39 is 0 Å². The Hall–Kier alpha value is -2.82. The van der Waals surface area contributed by atoms with Crippen LogP contribution in [0.15, 0.2) is 54.6 Å². The van der Waals surface area contributed by atoms with Crippen molar-refractivity contribution in [1.29, 1.82) is 0 Å². The number of benzene rings is 2. The van der Waals surface area contributed by atoms with Gasteiger partial charge in [-0.25, -0.2) is 4.79 Å². The molecule has 3 amide bonds. The zero-order valence-corrected chi connectivity index (χ0v) is 12.6. The summed E-state index contributed by atoms with van der Waals surface area (Å²) in [4.78, 5) is 23.8. The molecule has 2 aromatic carbocycles. The third kappa shape index (κ3) is 4.63. The third-order valence-corrected chi connectivity index (χ3v) is 2.83. The summed E-state index contributed by atoms with van der Waals surface area (Å²) < 4.78 is 0. The fourth-order valence-corrected chi connectivity index (χ4v) is 1.90. The van der Waals surface area contributed by atoms with Crippen LogP contribution in [0, 0.1) is 0 Å². The maximum Gasteiger partial charge on any atom is 0.319 e. The molecule has 22 heavy (non-hydrogen) atoms. The number of hydrogen-bond donors (Lipinski definition) is 3. The highest BCUT2D eigenvalue weighted by Gasteiger charge is 2.07. The molecule has 0 spiro atoms. The summed E-state index contributed by atoms with van der Waals surface area (Å²) >= 11 is 0. The van der Waals surface area contributed by atoms with E-state index >= 15 is 0 Å². The first-order chi connectivity index (χ1) is 10.5. The summed E-state index contributed by atoms with van der Waals surface area (Å²) in [5.74, 6) is -0.190. The van der Waals surface area contributed by atoms with E-state index in [1.165, 1.54) is 0 Å². The minimum atomic E-state index is -0.276. The molecule has 0 bridgehead atoms. The van der Waals surface area contributed by atoms with Crippen molar-refractivity contribution in [3.63, 3.8) is 0 Å². The van der Waals surface area contributed by atoms with E-state index in [0.29, 0.717) is 16.9 Å².